The number of allylic oxidation sites excluding steroid dienone is 1. The van der Waals surface area contributed by atoms with Crippen molar-refractivity contribution < 1.29 is 0 Å². The molecule has 0 aromatic rings. The van der Waals surface area contributed by atoms with Crippen LogP contribution >= 0.6 is 11.6 Å². The lowest BCUT2D eigenvalue weighted by atomic mass is 10.1. The van der Waals surface area contributed by atoms with Crippen LogP contribution in [0.4, 0.5) is 0 Å². The number of unbranched alkanes of at least 4 members (excludes halogenated alkanes) is 9. The van der Waals surface area contributed by atoms with Crippen LogP contribution in [0.2, 0.25) is 0 Å². The van der Waals surface area contributed by atoms with Crippen LogP contribution in [-0.2, 0) is 0 Å². The second-order valence-electron chi connectivity index (χ2n) is 3.98. The number of halogens is 1. The third kappa shape index (κ3) is 12.0. The van der Waals surface area contributed by atoms with Crippen LogP contribution < -0.4 is 0 Å². The van der Waals surface area contributed by atoms with Crippen molar-refractivity contribution in [3.63, 3.8) is 0 Å². The molecule has 0 atom stereocenters. The fourth-order valence-electron chi connectivity index (χ4n) is 1.64. The van der Waals surface area contributed by atoms with Crippen molar-refractivity contribution >= 4 is 11.6 Å². The number of hydrogen-bond donors (Lipinski definition) is 0. The van der Waals surface area contributed by atoms with E-state index in [1.165, 1.54) is 57.8 Å². The van der Waals surface area contributed by atoms with Crippen LogP contribution in [0.3, 0.4) is 0 Å². The monoisotopic (exact) mass is 216 g/mol. The average molecular weight is 217 g/mol. The molecule has 0 radical (unpaired) electrons. The van der Waals surface area contributed by atoms with Gasteiger partial charge in [0, 0.05) is 5.54 Å². The summed E-state index contributed by atoms with van der Waals surface area (Å²) in [6, 6.07) is 0. The van der Waals surface area contributed by atoms with Crippen molar-refractivity contribution in [2.24, 2.45) is 0 Å². The van der Waals surface area contributed by atoms with Gasteiger partial charge < -0.3 is 0 Å². The van der Waals surface area contributed by atoms with E-state index < -0.39 is 0 Å². The molecule has 0 spiro atoms. The van der Waals surface area contributed by atoms with Crippen molar-refractivity contribution in [2.45, 2.75) is 71.1 Å². The predicted molar refractivity (Wildman–Crippen MR) is 66.8 cm³/mol. The molecular formula is C13H25Cl. The second kappa shape index (κ2) is 13.0. The lowest BCUT2D eigenvalue weighted by molar-refractivity contribution is 0.566. The van der Waals surface area contributed by atoms with E-state index in [1.54, 1.807) is 5.54 Å². The molecule has 14 heavy (non-hydrogen) atoms. The van der Waals surface area contributed by atoms with E-state index in [4.69, 9.17) is 11.6 Å². The SMILES string of the molecule is CCCCCCCCCCC/C=C\Cl. The lowest BCUT2D eigenvalue weighted by Gasteiger charge is -2.00. The maximum absolute atomic E-state index is 5.43. The fourth-order valence-corrected chi connectivity index (χ4v) is 1.76. The van der Waals surface area contributed by atoms with Gasteiger partial charge in [0.25, 0.3) is 0 Å². The lowest BCUT2D eigenvalue weighted by Crippen LogP contribution is -1.80. The molecule has 0 saturated carbocycles. The Hall–Kier alpha value is 0.0300. The van der Waals surface area contributed by atoms with Crippen LogP contribution in [-0.4, -0.2) is 0 Å². The van der Waals surface area contributed by atoms with E-state index >= 15 is 0 Å². The third-order valence-corrected chi connectivity index (χ3v) is 2.74. The molecule has 1 heteroatoms. The van der Waals surface area contributed by atoms with Gasteiger partial charge in [0.15, 0.2) is 0 Å². The van der Waals surface area contributed by atoms with Crippen molar-refractivity contribution in [1.29, 1.82) is 0 Å². The third-order valence-electron chi connectivity index (χ3n) is 2.56. The normalized spacial score (nSPS) is 11.3. The van der Waals surface area contributed by atoms with Gasteiger partial charge in [0.1, 0.15) is 0 Å². The maximum Gasteiger partial charge on any atom is 0.000245 e. The van der Waals surface area contributed by atoms with Crippen LogP contribution in [0, 0.1) is 0 Å². The highest BCUT2D eigenvalue weighted by atomic mass is 35.5. The molecule has 0 N–H and O–H groups in total. The first-order valence-electron chi connectivity index (χ1n) is 6.17. The zero-order valence-corrected chi connectivity index (χ0v) is 10.4. The number of rotatable bonds is 10. The molecule has 0 amide bonds. The topological polar surface area (TPSA) is 0 Å². The van der Waals surface area contributed by atoms with E-state index in [9.17, 15) is 0 Å². The summed E-state index contributed by atoms with van der Waals surface area (Å²) in [7, 11) is 0. The molecule has 0 unspecified atom stereocenters. The molecule has 0 aliphatic heterocycles. The Kier molecular flexibility index (Phi) is 13.1. The minimum absolute atomic E-state index is 1.15. The van der Waals surface area contributed by atoms with Crippen LogP contribution in [0.5, 0.6) is 0 Å². The van der Waals surface area contributed by atoms with Crippen molar-refractivity contribution in [3.05, 3.63) is 11.6 Å². The van der Waals surface area contributed by atoms with Gasteiger partial charge in [-0.15, -0.1) is 0 Å². The molecule has 84 valence electrons. The van der Waals surface area contributed by atoms with Gasteiger partial charge in [0.2, 0.25) is 0 Å². The maximum atomic E-state index is 5.43. The highest BCUT2D eigenvalue weighted by molar-refractivity contribution is 6.25. The summed E-state index contributed by atoms with van der Waals surface area (Å²) in [4.78, 5) is 0. The van der Waals surface area contributed by atoms with Gasteiger partial charge >= 0.3 is 0 Å². The first kappa shape index (κ1) is 14.0. The standard InChI is InChI=1S/C13H25Cl/c1-2-3-4-5-6-7-8-9-10-11-12-13-14/h12-13H,2-11H2,1H3/b13-12-. The Labute approximate surface area is 94.7 Å². The van der Waals surface area contributed by atoms with E-state index in [2.05, 4.69) is 6.92 Å². The summed E-state index contributed by atoms with van der Waals surface area (Å²) in [6.45, 7) is 2.27. The van der Waals surface area contributed by atoms with Crippen LogP contribution in [0.1, 0.15) is 71.1 Å². The smallest absolute Gasteiger partial charge is 0.000245 e. The molecule has 0 saturated heterocycles. The highest BCUT2D eigenvalue weighted by Gasteiger charge is 1.90. The Morgan fingerprint density at radius 1 is 0.786 bits per heavy atom. The Bertz CT molecular complexity index is 118. The van der Waals surface area contributed by atoms with E-state index in [-0.39, 0.29) is 0 Å². The summed E-state index contributed by atoms with van der Waals surface area (Å²) in [6.07, 6.45) is 15.8. The van der Waals surface area contributed by atoms with E-state index in [0.717, 1.165) is 6.42 Å². The second-order valence-corrected chi connectivity index (χ2v) is 4.23. The van der Waals surface area contributed by atoms with Gasteiger partial charge in [-0.3, -0.25) is 0 Å². The zero-order valence-electron chi connectivity index (χ0n) is 9.60. The fraction of sp³-hybridized carbons (Fsp3) is 0.846. The molecule has 0 heterocycles. The largest absolute Gasteiger partial charge is 0.0933 e. The quantitative estimate of drug-likeness (QED) is 0.414. The first-order chi connectivity index (χ1) is 6.91. The van der Waals surface area contributed by atoms with Crippen molar-refractivity contribution in [1.82, 2.24) is 0 Å². The zero-order chi connectivity index (χ0) is 10.5. The molecule has 0 nitrogen and oxygen atoms in total. The summed E-state index contributed by atoms with van der Waals surface area (Å²) in [5.41, 5.74) is 1.63. The average Bonchev–Trinajstić information content (AvgIpc) is 2.21. The van der Waals surface area contributed by atoms with Gasteiger partial charge in [-0.05, 0) is 12.8 Å². The highest BCUT2D eigenvalue weighted by Crippen LogP contribution is 2.10. The van der Waals surface area contributed by atoms with Crippen molar-refractivity contribution in [2.75, 3.05) is 0 Å². The summed E-state index contributed by atoms with van der Waals surface area (Å²) in [5, 5.41) is 0. The van der Waals surface area contributed by atoms with Gasteiger partial charge in [-0.2, -0.15) is 0 Å². The van der Waals surface area contributed by atoms with Crippen molar-refractivity contribution in [3.8, 4) is 0 Å². The molecule has 0 fully saturated rings. The molecule has 0 aromatic heterocycles. The first-order valence-corrected chi connectivity index (χ1v) is 6.60. The molecule has 0 aliphatic rings. The Morgan fingerprint density at radius 2 is 1.29 bits per heavy atom. The summed E-state index contributed by atoms with van der Waals surface area (Å²) < 4.78 is 0. The van der Waals surface area contributed by atoms with Crippen LogP contribution in [0.25, 0.3) is 0 Å². The van der Waals surface area contributed by atoms with Gasteiger partial charge in [-0.1, -0.05) is 76.0 Å². The predicted octanol–water partition coefficient (Wildman–Crippen LogP) is 5.66. The van der Waals surface area contributed by atoms with Crippen LogP contribution in [0.15, 0.2) is 11.6 Å². The minimum atomic E-state index is 1.15. The van der Waals surface area contributed by atoms with Gasteiger partial charge in [-0.25, -0.2) is 0 Å². The molecule has 0 bridgehead atoms. The molecule has 0 rings (SSSR count). The summed E-state index contributed by atoms with van der Waals surface area (Å²) >= 11 is 5.43. The summed E-state index contributed by atoms with van der Waals surface area (Å²) in [5.74, 6) is 0. The van der Waals surface area contributed by atoms with E-state index in [0.29, 0.717) is 0 Å². The Balaban J connectivity index is 2.85. The minimum Gasteiger partial charge on any atom is -0.0933 e. The molecular weight excluding hydrogens is 192 g/mol. The number of hydrogen-bond acceptors (Lipinski definition) is 0. The Morgan fingerprint density at radius 3 is 1.79 bits per heavy atom. The van der Waals surface area contributed by atoms with E-state index in [1.807, 2.05) is 6.08 Å². The molecule has 0 aromatic carbocycles. The molecule has 0 aliphatic carbocycles. The van der Waals surface area contributed by atoms with Gasteiger partial charge in [0.05, 0.1) is 0 Å².